The average Bonchev–Trinajstić information content (AvgIpc) is 3.08. The Balaban J connectivity index is 1.61. The molecule has 1 heterocycles. The minimum Gasteiger partial charge on any atom is -0.489 e. The summed E-state index contributed by atoms with van der Waals surface area (Å²) < 4.78 is 17.1. The Labute approximate surface area is 156 Å². The summed E-state index contributed by atoms with van der Waals surface area (Å²) in [5, 5.41) is 0.801. The summed E-state index contributed by atoms with van der Waals surface area (Å²) >= 11 is 0. The first-order valence-electron chi connectivity index (χ1n) is 9.14. The van der Waals surface area contributed by atoms with Gasteiger partial charge in [0.2, 0.25) is 5.76 Å². The molecule has 138 valence electrons. The Morgan fingerprint density at radius 1 is 1.04 bits per heavy atom. The number of carbonyl (C=O) groups excluding carboxylic acids is 2. The van der Waals surface area contributed by atoms with Crippen molar-refractivity contribution < 1.29 is 23.5 Å². The lowest BCUT2D eigenvalue weighted by atomic mass is 9.96. The number of furan rings is 1. The number of benzene rings is 2. The molecule has 2 aromatic carbocycles. The number of fused-ring (bicyclic) bond motifs is 1. The quantitative estimate of drug-likeness (QED) is 0.615. The Morgan fingerprint density at radius 2 is 1.81 bits per heavy atom. The maximum absolute atomic E-state index is 12.7. The van der Waals surface area contributed by atoms with Crippen LogP contribution >= 0.6 is 0 Å². The van der Waals surface area contributed by atoms with Gasteiger partial charge in [-0.25, -0.2) is 4.79 Å². The topological polar surface area (TPSA) is 65.7 Å². The molecule has 0 aliphatic heterocycles. The Hall–Kier alpha value is -3.08. The Kier molecular flexibility index (Phi) is 4.92. The number of carbonyl (C=O) groups is 2. The standard InChI is InChI=1S/C22H20O5/c23-18-11-5-7-13-20(18)27-22(24)21-17(14-25-15-8-2-1-3-9-15)16-10-4-6-12-19(16)26-21/h1-4,6,8-10,12,20H,5,7,11,13-14H2/t20-/m0/s1. The molecule has 4 rings (SSSR count). The molecule has 0 unspecified atom stereocenters. The fourth-order valence-electron chi connectivity index (χ4n) is 3.34. The van der Waals surface area contributed by atoms with Crippen LogP contribution in [0.4, 0.5) is 0 Å². The molecule has 1 fully saturated rings. The smallest absolute Gasteiger partial charge is 0.375 e. The van der Waals surface area contributed by atoms with Crippen LogP contribution in [0.3, 0.4) is 0 Å². The zero-order valence-electron chi connectivity index (χ0n) is 14.9. The highest BCUT2D eigenvalue weighted by Gasteiger charge is 2.29. The molecule has 27 heavy (non-hydrogen) atoms. The number of para-hydroxylation sites is 2. The number of Topliss-reactive ketones (excluding diaryl/α,β-unsaturated/α-hetero) is 1. The maximum atomic E-state index is 12.7. The normalized spacial score (nSPS) is 17.0. The lowest BCUT2D eigenvalue weighted by Gasteiger charge is -2.20. The second-order valence-corrected chi connectivity index (χ2v) is 6.61. The number of ketones is 1. The van der Waals surface area contributed by atoms with E-state index in [0.717, 1.165) is 18.2 Å². The summed E-state index contributed by atoms with van der Waals surface area (Å²) in [6, 6.07) is 16.8. The molecule has 5 nitrogen and oxygen atoms in total. The third-order valence-electron chi connectivity index (χ3n) is 4.76. The molecular formula is C22H20O5. The largest absolute Gasteiger partial charge is 0.489 e. The molecule has 1 aliphatic rings. The molecule has 1 saturated carbocycles. The third-order valence-corrected chi connectivity index (χ3v) is 4.76. The van der Waals surface area contributed by atoms with Crippen molar-refractivity contribution in [1.82, 2.24) is 0 Å². The van der Waals surface area contributed by atoms with Gasteiger partial charge in [-0.1, -0.05) is 36.4 Å². The van der Waals surface area contributed by atoms with Gasteiger partial charge >= 0.3 is 5.97 Å². The first kappa shape index (κ1) is 17.3. The van der Waals surface area contributed by atoms with Gasteiger partial charge in [-0.15, -0.1) is 0 Å². The highest BCUT2D eigenvalue weighted by molar-refractivity contribution is 5.97. The lowest BCUT2D eigenvalue weighted by Crippen LogP contribution is -2.30. The van der Waals surface area contributed by atoms with E-state index in [9.17, 15) is 9.59 Å². The van der Waals surface area contributed by atoms with Gasteiger partial charge < -0.3 is 13.9 Å². The van der Waals surface area contributed by atoms with E-state index in [0.29, 0.717) is 29.7 Å². The highest BCUT2D eigenvalue weighted by Crippen LogP contribution is 2.29. The summed E-state index contributed by atoms with van der Waals surface area (Å²) in [7, 11) is 0. The van der Waals surface area contributed by atoms with Crippen LogP contribution in [0.15, 0.2) is 59.0 Å². The van der Waals surface area contributed by atoms with Crippen LogP contribution in [0.5, 0.6) is 5.75 Å². The van der Waals surface area contributed by atoms with E-state index in [4.69, 9.17) is 13.9 Å². The fourth-order valence-corrected chi connectivity index (χ4v) is 3.34. The van der Waals surface area contributed by atoms with Gasteiger partial charge in [0.1, 0.15) is 17.9 Å². The number of hydrogen-bond acceptors (Lipinski definition) is 5. The van der Waals surface area contributed by atoms with Crippen LogP contribution in [-0.2, 0) is 16.1 Å². The molecule has 1 aromatic heterocycles. The lowest BCUT2D eigenvalue weighted by molar-refractivity contribution is -0.130. The van der Waals surface area contributed by atoms with Gasteiger partial charge in [-0.05, 0) is 37.5 Å². The minimum atomic E-state index is -0.678. The molecule has 5 heteroatoms. The van der Waals surface area contributed by atoms with Crippen LogP contribution in [0, 0.1) is 0 Å². The summed E-state index contributed by atoms with van der Waals surface area (Å²) in [5.74, 6) is 0.168. The molecule has 0 amide bonds. The maximum Gasteiger partial charge on any atom is 0.375 e. The molecule has 0 saturated heterocycles. The zero-order chi connectivity index (χ0) is 18.6. The summed E-state index contributed by atoms with van der Waals surface area (Å²) in [6.45, 7) is 0.171. The first-order valence-corrected chi connectivity index (χ1v) is 9.14. The number of rotatable bonds is 5. The number of hydrogen-bond donors (Lipinski definition) is 0. The fraction of sp³-hybridized carbons (Fsp3) is 0.273. The zero-order valence-corrected chi connectivity index (χ0v) is 14.9. The van der Waals surface area contributed by atoms with Gasteiger partial charge in [-0.2, -0.15) is 0 Å². The van der Waals surface area contributed by atoms with Crippen molar-refractivity contribution in [3.63, 3.8) is 0 Å². The first-order chi connectivity index (χ1) is 13.2. The minimum absolute atomic E-state index is 0.0206. The van der Waals surface area contributed by atoms with Crippen LogP contribution in [0.1, 0.15) is 41.8 Å². The average molecular weight is 364 g/mol. The predicted molar refractivity (Wildman–Crippen MR) is 99.7 cm³/mol. The number of ether oxygens (including phenoxy) is 2. The summed E-state index contributed by atoms with van der Waals surface area (Å²) in [5.41, 5.74) is 1.22. The van der Waals surface area contributed by atoms with E-state index in [1.807, 2.05) is 48.5 Å². The molecule has 1 aliphatic carbocycles. The van der Waals surface area contributed by atoms with Gasteiger partial charge in [0.15, 0.2) is 11.9 Å². The van der Waals surface area contributed by atoms with Gasteiger partial charge in [0.25, 0.3) is 0 Å². The molecule has 0 N–H and O–H groups in total. The van der Waals surface area contributed by atoms with Crippen molar-refractivity contribution in [2.75, 3.05) is 0 Å². The van der Waals surface area contributed by atoms with Crippen molar-refractivity contribution in [2.24, 2.45) is 0 Å². The molecule has 0 radical (unpaired) electrons. The van der Waals surface area contributed by atoms with E-state index in [-0.39, 0.29) is 18.2 Å². The van der Waals surface area contributed by atoms with Crippen LogP contribution in [0.2, 0.25) is 0 Å². The third kappa shape index (κ3) is 3.72. The van der Waals surface area contributed by atoms with Crippen molar-refractivity contribution in [2.45, 2.75) is 38.4 Å². The Morgan fingerprint density at radius 3 is 2.63 bits per heavy atom. The summed E-state index contributed by atoms with van der Waals surface area (Å²) in [6.07, 6.45) is 2.09. The Bertz CT molecular complexity index is 957. The highest BCUT2D eigenvalue weighted by atomic mass is 16.6. The van der Waals surface area contributed by atoms with Crippen molar-refractivity contribution >= 4 is 22.7 Å². The van der Waals surface area contributed by atoms with Gasteiger partial charge in [0.05, 0.1) is 5.56 Å². The van der Waals surface area contributed by atoms with Gasteiger partial charge in [0, 0.05) is 11.8 Å². The van der Waals surface area contributed by atoms with E-state index in [1.54, 1.807) is 6.07 Å². The SMILES string of the molecule is O=C(O[C@H]1CCCCC1=O)c1oc2ccccc2c1COc1ccccc1. The van der Waals surface area contributed by atoms with E-state index in [2.05, 4.69) is 0 Å². The van der Waals surface area contributed by atoms with E-state index in [1.165, 1.54) is 0 Å². The van der Waals surface area contributed by atoms with Crippen molar-refractivity contribution in [3.8, 4) is 5.75 Å². The van der Waals surface area contributed by atoms with E-state index < -0.39 is 12.1 Å². The molecule has 0 bridgehead atoms. The van der Waals surface area contributed by atoms with Crippen LogP contribution in [-0.4, -0.2) is 17.9 Å². The van der Waals surface area contributed by atoms with Crippen LogP contribution in [0.25, 0.3) is 11.0 Å². The second kappa shape index (κ2) is 7.66. The van der Waals surface area contributed by atoms with Crippen molar-refractivity contribution in [3.05, 3.63) is 65.9 Å². The second-order valence-electron chi connectivity index (χ2n) is 6.61. The molecule has 0 spiro atoms. The summed E-state index contributed by atoms with van der Waals surface area (Å²) in [4.78, 5) is 24.7. The molecule has 3 aromatic rings. The number of esters is 1. The molecular weight excluding hydrogens is 344 g/mol. The molecule has 1 atom stereocenters. The van der Waals surface area contributed by atoms with E-state index >= 15 is 0 Å². The van der Waals surface area contributed by atoms with Crippen molar-refractivity contribution in [1.29, 1.82) is 0 Å². The van der Waals surface area contributed by atoms with Gasteiger partial charge in [-0.3, -0.25) is 4.79 Å². The monoisotopic (exact) mass is 364 g/mol. The van der Waals surface area contributed by atoms with Crippen LogP contribution < -0.4 is 4.74 Å². The predicted octanol–water partition coefficient (Wildman–Crippen LogP) is 4.68.